The quantitative estimate of drug-likeness (QED) is 0.242. The lowest BCUT2D eigenvalue weighted by Crippen LogP contribution is -2.52. The number of carbonyl (C=O) groups excluding carboxylic acids is 1. The number of nitrogens with zero attached hydrogens (tertiary/aromatic N) is 5. The second-order valence-corrected chi connectivity index (χ2v) is 7.64. The van der Waals surface area contributed by atoms with Crippen LogP contribution in [0.25, 0.3) is 0 Å². The molecule has 1 saturated heterocycles. The van der Waals surface area contributed by atoms with Gasteiger partial charge in [-0.15, -0.1) is 24.0 Å². The molecule has 1 aromatic carbocycles. The summed E-state index contributed by atoms with van der Waals surface area (Å²) in [5, 5.41) is 4.40. The van der Waals surface area contributed by atoms with Crippen molar-refractivity contribution in [3.8, 4) is 0 Å². The number of esters is 1. The number of benzene rings is 1. The predicted molar refractivity (Wildman–Crippen MR) is 136 cm³/mol. The Labute approximate surface area is 205 Å². The van der Waals surface area contributed by atoms with E-state index in [-0.39, 0.29) is 29.9 Å². The average Bonchev–Trinajstić information content (AvgIpc) is 3.27. The molecule has 2 heterocycles. The molecular formula is C21H31IN6O2S. The maximum atomic E-state index is 11.8. The Morgan fingerprint density at radius 1 is 1.16 bits per heavy atom. The van der Waals surface area contributed by atoms with Gasteiger partial charge in [0.05, 0.1) is 18.7 Å². The highest BCUT2D eigenvalue weighted by Crippen LogP contribution is 2.19. The second kappa shape index (κ2) is 12.8. The first-order valence-electron chi connectivity index (χ1n) is 10.5. The number of aliphatic imine (C=N–C) groups is 1. The number of guanidine groups is 1. The minimum atomic E-state index is -0.291. The van der Waals surface area contributed by atoms with Crippen LogP contribution < -0.4 is 10.2 Å². The van der Waals surface area contributed by atoms with Crippen molar-refractivity contribution in [2.75, 3.05) is 44.2 Å². The fourth-order valence-electron chi connectivity index (χ4n) is 3.18. The molecule has 0 unspecified atom stereocenters. The number of hydrogen-bond donors (Lipinski definition) is 1. The van der Waals surface area contributed by atoms with Crippen LogP contribution in [0, 0.1) is 0 Å². The summed E-state index contributed by atoms with van der Waals surface area (Å²) in [7, 11) is 0. The zero-order valence-electron chi connectivity index (χ0n) is 18.3. The number of hydrogen-bond acceptors (Lipinski definition) is 7. The molecule has 1 N–H and O–H groups in total. The molecule has 0 aliphatic carbocycles. The number of rotatable bonds is 7. The average molecular weight is 558 g/mol. The Balaban J connectivity index is 0.00000341. The number of halogens is 1. The zero-order valence-corrected chi connectivity index (χ0v) is 21.5. The summed E-state index contributed by atoms with van der Waals surface area (Å²) in [6.45, 7) is 11.3. The van der Waals surface area contributed by atoms with Crippen molar-refractivity contribution in [1.82, 2.24) is 19.6 Å². The predicted octanol–water partition coefficient (Wildman–Crippen LogP) is 3.18. The van der Waals surface area contributed by atoms with Gasteiger partial charge in [-0.2, -0.15) is 4.37 Å². The molecule has 0 bridgehead atoms. The van der Waals surface area contributed by atoms with Crippen molar-refractivity contribution in [2.24, 2.45) is 4.99 Å². The highest BCUT2D eigenvalue weighted by Gasteiger charge is 2.22. The summed E-state index contributed by atoms with van der Waals surface area (Å²) in [6, 6.07) is 7.44. The summed E-state index contributed by atoms with van der Waals surface area (Å²) < 4.78 is 9.42. The molecule has 0 amide bonds. The Morgan fingerprint density at radius 3 is 2.45 bits per heavy atom. The van der Waals surface area contributed by atoms with E-state index in [0.717, 1.165) is 61.6 Å². The van der Waals surface area contributed by atoms with Gasteiger partial charge in [-0.3, -0.25) is 0 Å². The normalized spacial score (nSPS) is 14.2. The fourth-order valence-corrected chi connectivity index (χ4v) is 3.98. The Kier molecular flexibility index (Phi) is 10.4. The van der Waals surface area contributed by atoms with E-state index >= 15 is 0 Å². The third-order valence-electron chi connectivity index (χ3n) is 4.83. The van der Waals surface area contributed by atoms with Crippen LogP contribution in [0.5, 0.6) is 0 Å². The monoisotopic (exact) mass is 558 g/mol. The Hall–Kier alpha value is -1.95. The molecule has 1 aliphatic heterocycles. The Bertz CT molecular complexity index is 850. The fraction of sp³-hybridized carbons (Fsp3) is 0.524. The molecule has 2 aromatic rings. The third kappa shape index (κ3) is 7.03. The first-order chi connectivity index (χ1) is 14.6. The highest BCUT2D eigenvalue weighted by molar-refractivity contribution is 14.0. The van der Waals surface area contributed by atoms with Crippen LogP contribution in [0.15, 0.2) is 29.3 Å². The Morgan fingerprint density at radius 2 is 1.87 bits per heavy atom. The summed E-state index contributed by atoms with van der Waals surface area (Å²) in [5.74, 6) is 1.54. The van der Waals surface area contributed by atoms with Crippen molar-refractivity contribution >= 4 is 52.6 Å². The minimum Gasteiger partial charge on any atom is -0.462 e. The van der Waals surface area contributed by atoms with Gasteiger partial charge in [0.2, 0.25) is 5.13 Å². The maximum Gasteiger partial charge on any atom is 0.338 e. The lowest BCUT2D eigenvalue weighted by Gasteiger charge is -2.36. The molecule has 1 aromatic heterocycles. The topological polar surface area (TPSA) is 83.0 Å². The van der Waals surface area contributed by atoms with E-state index in [0.29, 0.717) is 18.7 Å². The number of carbonyl (C=O) groups is 1. The van der Waals surface area contributed by atoms with Gasteiger partial charge in [-0.1, -0.05) is 19.1 Å². The zero-order chi connectivity index (χ0) is 21.3. The van der Waals surface area contributed by atoms with Gasteiger partial charge in [0.1, 0.15) is 5.82 Å². The molecule has 31 heavy (non-hydrogen) atoms. The molecule has 0 spiro atoms. The van der Waals surface area contributed by atoms with Gasteiger partial charge in [0.15, 0.2) is 5.96 Å². The number of ether oxygens (including phenoxy) is 1. The van der Waals surface area contributed by atoms with E-state index in [2.05, 4.69) is 38.3 Å². The summed E-state index contributed by atoms with van der Waals surface area (Å²) in [6.07, 6.45) is 0.870. The summed E-state index contributed by atoms with van der Waals surface area (Å²) in [4.78, 5) is 25.8. The van der Waals surface area contributed by atoms with E-state index in [4.69, 9.17) is 9.73 Å². The molecule has 0 radical (unpaired) electrons. The van der Waals surface area contributed by atoms with Gasteiger partial charge in [-0.25, -0.2) is 14.8 Å². The summed E-state index contributed by atoms with van der Waals surface area (Å²) >= 11 is 1.48. The van der Waals surface area contributed by atoms with Crippen molar-refractivity contribution in [1.29, 1.82) is 0 Å². The van der Waals surface area contributed by atoms with Gasteiger partial charge >= 0.3 is 5.97 Å². The van der Waals surface area contributed by atoms with Crippen LogP contribution in [0.1, 0.15) is 42.5 Å². The molecule has 3 rings (SSSR count). The van der Waals surface area contributed by atoms with Crippen LogP contribution in [0.4, 0.5) is 5.13 Å². The standard InChI is InChI=1S/C21H30N6O2S.HI/c1-4-18-24-21(30-25-18)27-13-11-26(12-14-27)20(22-5-2)23-15-16-7-9-17(10-8-16)19(28)29-6-3;/h7-10H,4-6,11-15H2,1-3H3,(H,22,23);1H. The molecule has 1 fully saturated rings. The first kappa shape index (κ1) is 25.3. The number of piperazine rings is 1. The number of aromatic nitrogens is 2. The molecule has 1 aliphatic rings. The third-order valence-corrected chi connectivity index (χ3v) is 5.65. The molecule has 170 valence electrons. The number of anilines is 1. The molecule has 0 atom stereocenters. The van der Waals surface area contributed by atoms with Crippen LogP contribution in [0.3, 0.4) is 0 Å². The smallest absolute Gasteiger partial charge is 0.338 e. The van der Waals surface area contributed by atoms with E-state index in [1.165, 1.54) is 11.5 Å². The van der Waals surface area contributed by atoms with E-state index in [1.807, 2.05) is 12.1 Å². The van der Waals surface area contributed by atoms with Gasteiger partial charge in [0, 0.05) is 50.7 Å². The van der Waals surface area contributed by atoms with Crippen molar-refractivity contribution < 1.29 is 9.53 Å². The van der Waals surface area contributed by atoms with E-state index in [1.54, 1.807) is 19.1 Å². The van der Waals surface area contributed by atoms with Crippen LogP contribution in [0.2, 0.25) is 0 Å². The van der Waals surface area contributed by atoms with Gasteiger partial charge < -0.3 is 19.9 Å². The van der Waals surface area contributed by atoms with E-state index < -0.39 is 0 Å². The first-order valence-corrected chi connectivity index (χ1v) is 11.3. The highest BCUT2D eigenvalue weighted by atomic mass is 127. The number of nitrogens with one attached hydrogen (secondary N) is 1. The van der Waals surface area contributed by atoms with E-state index in [9.17, 15) is 4.79 Å². The summed E-state index contributed by atoms with van der Waals surface area (Å²) in [5.41, 5.74) is 1.62. The minimum absolute atomic E-state index is 0. The molecule has 10 heteroatoms. The van der Waals surface area contributed by atoms with Crippen LogP contribution in [-0.2, 0) is 17.7 Å². The van der Waals surface area contributed by atoms with Crippen molar-refractivity contribution in [3.63, 3.8) is 0 Å². The van der Waals surface area contributed by atoms with Gasteiger partial charge in [0.25, 0.3) is 0 Å². The second-order valence-electron chi connectivity index (χ2n) is 6.91. The van der Waals surface area contributed by atoms with Crippen molar-refractivity contribution in [3.05, 3.63) is 41.2 Å². The lowest BCUT2D eigenvalue weighted by atomic mass is 10.1. The lowest BCUT2D eigenvalue weighted by molar-refractivity contribution is 0.0526. The van der Waals surface area contributed by atoms with Crippen LogP contribution in [-0.4, -0.2) is 65.5 Å². The van der Waals surface area contributed by atoms with Crippen molar-refractivity contribution in [2.45, 2.75) is 33.7 Å². The largest absolute Gasteiger partial charge is 0.462 e. The molecule has 8 nitrogen and oxygen atoms in total. The van der Waals surface area contributed by atoms with Crippen LogP contribution >= 0.6 is 35.5 Å². The molecular weight excluding hydrogens is 527 g/mol. The molecule has 0 saturated carbocycles. The SMILES string of the molecule is CCNC(=NCc1ccc(C(=O)OCC)cc1)N1CCN(c2nc(CC)ns2)CC1.I. The maximum absolute atomic E-state index is 11.8. The number of aryl methyl sites for hydroxylation is 1. The van der Waals surface area contributed by atoms with Gasteiger partial charge in [-0.05, 0) is 31.5 Å².